The highest BCUT2D eigenvalue weighted by Crippen LogP contribution is 2.20. The third kappa shape index (κ3) is 5.25. The van der Waals surface area contributed by atoms with Crippen LogP contribution in [0.2, 0.25) is 0 Å². The Morgan fingerprint density at radius 1 is 1.47 bits per heavy atom. The molecule has 0 fully saturated rings. The number of esters is 1. The second-order valence-electron chi connectivity index (χ2n) is 4.15. The maximum absolute atomic E-state index is 11.6. The number of nitrogens with one attached hydrogen (secondary N) is 2. The van der Waals surface area contributed by atoms with Crippen LogP contribution in [0.4, 0.5) is 5.00 Å². The van der Waals surface area contributed by atoms with Gasteiger partial charge < -0.3 is 15.4 Å². The Hall–Kier alpha value is -1.63. The molecule has 19 heavy (non-hydrogen) atoms. The molecule has 1 rings (SSSR count). The van der Waals surface area contributed by atoms with Gasteiger partial charge in [-0.15, -0.1) is 11.3 Å². The minimum atomic E-state index is -0.446. The number of thiazole rings is 1. The van der Waals surface area contributed by atoms with Crippen molar-refractivity contribution in [2.75, 3.05) is 18.5 Å². The van der Waals surface area contributed by atoms with Crippen molar-refractivity contribution in [2.24, 2.45) is 0 Å². The summed E-state index contributed by atoms with van der Waals surface area (Å²) in [5.41, 5.74) is 1.85. The molecule has 0 saturated heterocycles. The van der Waals surface area contributed by atoms with E-state index in [0.29, 0.717) is 24.6 Å². The molecule has 1 heterocycles. The van der Waals surface area contributed by atoms with Gasteiger partial charge in [0, 0.05) is 19.0 Å². The van der Waals surface area contributed by atoms with Gasteiger partial charge in [0.1, 0.15) is 5.00 Å². The molecule has 6 nitrogen and oxygen atoms in total. The van der Waals surface area contributed by atoms with E-state index in [4.69, 9.17) is 4.74 Å². The fourth-order valence-electron chi connectivity index (χ4n) is 1.40. The quantitative estimate of drug-likeness (QED) is 0.745. The van der Waals surface area contributed by atoms with Crippen LogP contribution in [0.1, 0.15) is 37.7 Å². The molecule has 1 aromatic rings. The van der Waals surface area contributed by atoms with Gasteiger partial charge in [-0.25, -0.2) is 9.78 Å². The maximum Gasteiger partial charge on any atom is 0.360 e. The molecule has 0 atom stereocenters. The molecular formula is C12H19N3O3S. The summed E-state index contributed by atoms with van der Waals surface area (Å²) in [6, 6.07) is 0.131. The molecule has 2 N–H and O–H groups in total. The second-order valence-corrected chi connectivity index (χ2v) is 5.00. The molecule has 0 aliphatic rings. The van der Waals surface area contributed by atoms with Crippen molar-refractivity contribution < 1.29 is 14.3 Å². The summed E-state index contributed by atoms with van der Waals surface area (Å²) in [4.78, 5) is 27.0. The third-order valence-electron chi connectivity index (χ3n) is 2.12. The Bertz CT molecular complexity index is 432. The zero-order valence-corrected chi connectivity index (χ0v) is 12.2. The van der Waals surface area contributed by atoms with Crippen molar-refractivity contribution in [3.8, 4) is 0 Å². The lowest BCUT2D eigenvalue weighted by molar-refractivity contribution is -0.121. The minimum absolute atomic E-state index is 0.0234. The lowest BCUT2D eigenvalue weighted by Gasteiger charge is -2.09. The smallest absolute Gasteiger partial charge is 0.360 e. The van der Waals surface area contributed by atoms with Gasteiger partial charge in [0.25, 0.3) is 0 Å². The van der Waals surface area contributed by atoms with Crippen LogP contribution in [0.15, 0.2) is 5.51 Å². The van der Waals surface area contributed by atoms with E-state index in [1.807, 2.05) is 13.8 Å². The molecule has 7 heteroatoms. The van der Waals surface area contributed by atoms with Gasteiger partial charge in [0.15, 0.2) is 5.69 Å². The van der Waals surface area contributed by atoms with Gasteiger partial charge in [-0.05, 0) is 20.8 Å². The SMILES string of the molecule is CCOC(=O)c1ncsc1NCCC(=O)NC(C)C. The molecule has 0 radical (unpaired) electrons. The average molecular weight is 285 g/mol. The average Bonchev–Trinajstić information content (AvgIpc) is 2.76. The topological polar surface area (TPSA) is 80.3 Å². The summed E-state index contributed by atoms with van der Waals surface area (Å²) < 4.78 is 4.89. The summed E-state index contributed by atoms with van der Waals surface area (Å²) in [6.45, 7) is 6.33. The number of hydrogen-bond acceptors (Lipinski definition) is 6. The van der Waals surface area contributed by atoms with Crippen molar-refractivity contribution in [1.82, 2.24) is 10.3 Å². The van der Waals surface area contributed by atoms with Gasteiger partial charge in [-0.2, -0.15) is 0 Å². The Morgan fingerprint density at radius 3 is 2.84 bits per heavy atom. The molecule has 0 spiro atoms. The first-order valence-electron chi connectivity index (χ1n) is 6.18. The second kappa shape index (κ2) is 7.73. The van der Waals surface area contributed by atoms with Gasteiger partial charge in [-0.1, -0.05) is 0 Å². The Morgan fingerprint density at radius 2 is 2.21 bits per heavy atom. The van der Waals surface area contributed by atoms with E-state index in [9.17, 15) is 9.59 Å². The van der Waals surface area contributed by atoms with Crippen LogP contribution in [0.25, 0.3) is 0 Å². The monoisotopic (exact) mass is 285 g/mol. The van der Waals surface area contributed by atoms with Crippen LogP contribution in [-0.4, -0.2) is 36.1 Å². The molecule has 1 amide bonds. The van der Waals surface area contributed by atoms with Crippen LogP contribution in [-0.2, 0) is 9.53 Å². The first kappa shape index (κ1) is 15.4. The van der Waals surface area contributed by atoms with Crippen LogP contribution in [0.3, 0.4) is 0 Å². The summed E-state index contributed by atoms with van der Waals surface area (Å²) in [5.74, 6) is -0.470. The molecule has 0 unspecified atom stereocenters. The van der Waals surface area contributed by atoms with Crippen molar-refractivity contribution in [3.05, 3.63) is 11.2 Å². The number of anilines is 1. The standard InChI is InChI=1S/C12H19N3O3S/c1-4-18-12(17)10-11(19-7-14-10)13-6-5-9(16)15-8(2)3/h7-8,13H,4-6H2,1-3H3,(H,15,16). The number of aromatic nitrogens is 1. The lowest BCUT2D eigenvalue weighted by Crippen LogP contribution is -2.31. The fraction of sp³-hybridized carbons (Fsp3) is 0.583. The maximum atomic E-state index is 11.6. The molecule has 0 bridgehead atoms. The molecule has 0 aliphatic carbocycles. The highest BCUT2D eigenvalue weighted by molar-refractivity contribution is 7.14. The molecule has 0 saturated carbocycles. The first-order valence-corrected chi connectivity index (χ1v) is 7.06. The molecular weight excluding hydrogens is 266 g/mol. The summed E-state index contributed by atoms with van der Waals surface area (Å²) in [7, 11) is 0. The molecule has 0 aromatic carbocycles. The predicted molar refractivity (Wildman–Crippen MR) is 74.5 cm³/mol. The summed E-state index contributed by atoms with van der Waals surface area (Å²) in [6.07, 6.45) is 0.346. The van der Waals surface area contributed by atoms with Crippen molar-refractivity contribution >= 4 is 28.2 Å². The number of rotatable bonds is 7. The van der Waals surface area contributed by atoms with Crippen molar-refractivity contribution in [2.45, 2.75) is 33.2 Å². The van der Waals surface area contributed by atoms with Crippen LogP contribution >= 0.6 is 11.3 Å². The molecule has 0 aliphatic heterocycles. The normalized spacial score (nSPS) is 10.3. The first-order chi connectivity index (χ1) is 9.04. The van der Waals surface area contributed by atoms with E-state index < -0.39 is 5.97 Å². The van der Waals surface area contributed by atoms with E-state index in [-0.39, 0.29) is 17.6 Å². The van der Waals surface area contributed by atoms with Crippen LogP contribution in [0.5, 0.6) is 0 Å². The van der Waals surface area contributed by atoms with Gasteiger partial charge in [0.05, 0.1) is 12.1 Å². The van der Waals surface area contributed by atoms with E-state index in [0.717, 1.165) is 0 Å². The van der Waals surface area contributed by atoms with E-state index in [1.54, 1.807) is 12.4 Å². The number of carbonyl (C=O) groups is 2. The van der Waals surface area contributed by atoms with Crippen LogP contribution in [0, 0.1) is 0 Å². The van der Waals surface area contributed by atoms with Gasteiger partial charge in [-0.3, -0.25) is 4.79 Å². The Balaban J connectivity index is 2.44. The number of carbonyl (C=O) groups excluding carboxylic acids is 2. The third-order valence-corrected chi connectivity index (χ3v) is 2.91. The van der Waals surface area contributed by atoms with Gasteiger partial charge in [0.2, 0.25) is 5.91 Å². The van der Waals surface area contributed by atoms with E-state index in [1.165, 1.54) is 11.3 Å². The highest BCUT2D eigenvalue weighted by Gasteiger charge is 2.15. The largest absolute Gasteiger partial charge is 0.461 e. The number of amides is 1. The minimum Gasteiger partial charge on any atom is -0.461 e. The van der Waals surface area contributed by atoms with Gasteiger partial charge >= 0.3 is 5.97 Å². The lowest BCUT2D eigenvalue weighted by atomic mass is 10.3. The van der Waals surface area contributed by atoms with Crippen LogP contribution < -0.4 is 10.6 Å². The summed E-state index contributed by atoms with van der Waals surface area (Å²) in [5, 5.41) is 6.46. The zero-order valence-electron chi connectivity index (χ0n) is 11.4. The Kier molecular flexibility index (Phi) is 6.27. The van der Waals surface area contributed by atoms with E-state index in [2.05, 4.69) is 15.6 Å². The molecule has 1 aromatic heterocycles. The highest BCUT2D eigenvalue weighted by atomic mass is 32.1. The predicted octanol–water partition coefficient (Wildman–Crippen LogP) is 1.65. The van der Waals surface area contributed by atoms with E-state index >= 15 is 0 Å². The zero-order chi connectivity index (χ0) is 14.3. The van der Waals surface area contributed by atoms with Crippen molar-refractivity contribution in [1.29, 1.82) is 0 Å². The summed E-state index contributed by atoms with van der Waals surface area (Å²) >= 11 is 1.31. The Labute approximate surface area is 116 Å². The number of ether oxygens (including phenoxy) is 1. The number of hydrogen-bond donors (Lipinski definition) is 2. The van der Waals surface area contributed by atoms with Crippen molar-refractivity contribution in [3.63, 3.8) is 0 Å². The number of nitrogens with zero attached hydrogens (tertiary/aromatic N) is 1. The molecule has 106 valence electrons. The fourth-order valence-corrected chi connectivity index (χ4v) is 2.10.